The quantitative estimate of drug-likeness (QED) is 0.815. The van der Waals surface area contributed by atoms with Gasteiger partial charge in [0.15, 0.2) is 0 Å². The molecule has 0 bridgehead atoms. The molecule has 8 heteroatoms. The first-order valence-electron chi connectivity index (χ1n) is 8.24. The largest absolute Gasteiger partial charge is 0.338 e. The van der Waals surface area contributed by atoms with E-state index in [1.54, 1.807) is 27.1 Å². The van der Waals surface area contributed by atoms with E-state index < -0.39 is 10.2 Å². The summed E-state index contributed by atoms with van der Waals surface area (Å²) in [5.74, 6) is 1.52. The van der Waals surface area contributed by atoms with Gasteiger partial charge in [-0.3, -0.25) is 0 Å². The van der Waals surface area contributed by atoms with Crippen LogP contribution in [-0.2, 0) is 10.2 Å². The van der Waals surface area contributed by atoms with Gasteiger partial charge in [0, 0.05) is 51.7 Å². The molecule has 0 aromatic carbocycles. The Labute approximate surface area is 138 Å². The molecule has 0 radical (unpaired) electrons. The van der Waals surface area contributed by atoms with Crippen molar-refractivity contribution in [2.45, 2.75) is 20.3 Å². The fourth-order valence-electron chi connectivity index (χ4n) is 3.53. The molecule has 0 N–H and O–H groups in total. The Morgan fingerprint density at radius 3 is 2.09 bits per heavy atom. The fraction of sp³-hybridized carbons (Fsp3) is 0.733. The van der Waals surface area contributed by atoms with Crippen molar-refractivity contribution in [1.82, 2.24) is 18.6 Å². The second-order valence-electron chi connectivity index (χ2n) is 6.71. The number of rotatable bonds is 3. The summed E-state index contributed by atoms with van der Waals surface area (Å²) in [7, 11) is -3.36. The van der Waals surface area contributed by atoms with E-state index in [1.165, 1.54) is 0 Å². The zero-order valence-corrected chi connectivity index (χ0v) is 14.6. The summed E-state index contributed by atoms with van der Waals surface area (Å²) in [4.78, 5) is 10.5. The summed E-state index contributed by atoms with van der Waals surface area (Å²) >= 11 is 0. The van der Waals surface area contributed by atoms with Crippen LogP contribution in [0.3, 0.4) is 0 Å². The molecule has 3 rings (SSSR count). The normalized spacial score (nSPS) is 28.0. The average Bonchev–Trinajstić information content (AvgIpc) is 2.55. The van der Waals surface area contributed by atoms with Crippen molar-refractivity contribution in [3.05, 3.63) is 18.5 Å². The average molecular weight is 339 g/mol. The molecule has 0 saturated carbocycles. The van der Waals surface area contributed by atoms with Crippen LogP contribution in [0.4, 0.5) is 5.95 Å². The second kappa shape index (κ2) is 6.70. The van der Waals surface area contributed by atoms with Crippen molar-refractivity contribution in [2.24, 2.45) is 11.8 Å². The van der Waals surface area contributed by atoms with E-state index in [0.717, 1.165) is 6.42 Å². The number of aromatic nitrogens is 2. The van der Waals surface area contributed by atoms with Crippen LogP contribution in [0.2, 0.25) is 0 Å². The lowest BCUT2D eigenvalue weighted by atomic mass is 9.94. The third-order valence-corrected chi connectivity index (χ3v) is 6.53. The number of piperazine rings is 1. The summed E-state index contributed by atoms with van der Waals surface area (Å²) in [6, 6.07) is 1.78. The van der Waals surface area contributed by atoms with Gasteiger partial charge in [-0.1, -0.05) is 13.8 Å². The van der Waals surface area contributed by atoms with Crippen LogP contribution >= 0.6 is 0 Å². The molecule has 3 heterocycles. The molecule has 0 spiro atoms. The predicted molar refractivity (Wildman–Crippen MR) is 89.3 cm³/mol. The number of hydrogen-bond acceptors (Lipinski definition) is 5. The highest BCUT2D eigenvalue weighted by molar-refractivity contribution is 7.86. The van der Waals surface area contributed by atoms with Gasteiger partial charge in [0.2, 0.25) is 5.95 Å². The number of anilines is 1. The Kier molecular flexibility index (Phi) is 4.84. The molecule has 2 fully saturated rings. The molecule has 2 aliphatic rings. The van der Waals surface area contributed by atoms with Crippen LogP contribution in [0.5, 0.6) is 0 Å². The lowest BCUT2D eigenvalue weighted by Crippen LogP contribution is -2.55. The third kappa shape index (κ3) is 3.64. The van der Waals surface area contributed by atoms with Gasteiger partial charge in [-0.2, -0.15) is 17.0 Å². The Morgan fingerprint density at radius 1 is 0.957 bits per heavy atom. The molecule has 23 heavy (non-hydrogen) atoms. The van der Waals surface area contributed by atoms with E-state index in [9.17, 15) is 8.42 Å². The topological polar surface area (TPSA) is 69.6 Å². The van der Waals surface area contributed by atoms with Gasteiger partial charge in [0.05, 0.1) is 0 Å². The van der Waals surface area contributed by atoms with Crippen molar-refractivity contribution in [1.29, 1.82) is 0 Å². The number of nitrogens with zero attached hydrogens (tertiary/aromatic N) is 5. The van der Waals surface area contributed by atoms with Gasteiger partial charge < -0.3 is 4.90 Å². The predicted octanol–water partition coefficient (Wildman–Crippen LogP) is 0.821. The van der Waals surface area contributed by atoms with Crippen molar-refractivity contribution in [2.75, 3.05) is 44.2 Å². The molecule has 0 amide bonds. The summed E-state index contributed by atoms with van der Waals surface area (Å²) in [6.07, 6.45) is 4.52. The van der Waals surface area contributed by atoms with E-state index in [-0.39, 0.29) is 0 Å². The zero-order chi connectivity index (χ0) is 16.4. The van der Waals surface area contributed by atoms with Crippen LogP contribution in [-0.4, -0.2) is 66.3 Å². The van der Waals surface area contributed by atoms with Gasteiger partial charge in [0.25, 0.3) is 10.2 Å². The van der Waals surface area contributed by atoms with Crippen molar-refractivity contribution >= 4 is 16.2 Å². The van der Waals surface area contributed by atoms with Gasteiger partial charge >= 0.3 is 0 Å². The summed E-state index contributed by atoms with van der Waals surface area (Å²) in [6.45, 7) is 7.75. The lowest BCUT2D eigenvalue weighted by Gasteiger charge is -2.40. The zero-order valence-electron chi connectivity index (χ0n) is 13.8. The minimum Gasteiger partial charge on any atom is -0.338 e. The molecule has 2 unspecified atom stereocenters. The summed E-state index contributed by atoms with van der Waals surface area (Å²) in [5, 5.41) is 0. The summed E-state index contributed by atoms with van der Waals surface area (Å²) < 4.78 is 29.0. The van der Waals surface area contributed by atoms with Gasteiger partial charge in [-0.15, -0.1) is 0 Å². The van der Waals surface area contributed by atoms with Crippen LogP contribution < -0.4 is 4.90 Å². The van der Waals surface area contributed by atoms with E-state index in [4.69, 9.17) is 0 Å². The molecule has 2 saturated heterocycles. The molecule has 7 nitrogen and oxygen atoms in total. The maximum atomic E-state index is 12.9. The molecular weight excluding hydrogens is 314 g/mol. The van der Waals surface area contributed by atoms with Crippen molar-refractivity contribution < 1.29 is 8.42 Å². The van der Waals surface area contributed by atoms with E-state index in [2.05, 4.69) is 23.8 Å². The van der Waals surface area contributed by atoms with Crippen LogP contribution in [0.15, 0.2) is 18.5 Å². The molecule has 2 aliphatic heterocycles. The number of piperidine rings is 1. The van der Waals surface area contributed by atoms with E-state index in [1.807, 2.05) is 4.90 Å². The van der Waals surface area contributed by atoms with Crippen LogP contribution in [0.1, 0.15) is 20.3 Å². The lowest BCUT2D eigenvalue weighted by molar-refractivity contribution is 0.207. The second-order valence-corrected chi connectivity index (χ2v) is 8.63. The number of hydrogen-bond donors (Lipinski definition) is 0. The molecule has 0 aliphatic carbocycles. The molecule has 1 aromatic rings. The monoisotopic (exact) mass is 339 g/mol. The van der Waals surface area contributed by atoms with Gasteiger partial charge in [0.1, 0.15) is 0 Å². The smallest absolute Gasteiger partial charge is 0.282 e. The van der Waals surface area contributed by atoms with E-state index >= 15 is 0 Å². The van der Waals surface area contributed by atoms with Crippen LogP contribution in [0, 0.1) is 11.8 Å². The Bertz CT molecular complexity index is 606. The molecule has 2 atom stereocenters. The fourth-order valence-corrected chi connectivity index (χ4v) is 5.37. The molecular formula is C15H25N5O2S. The first-order chi connectivity index (χ1) is 11.0. The highest BCUT2D eigenvalue weighted by Gasteiger charge is 2.36. The summed E-state index contributed by atoms with van der Waals surface area (Å²) in [5.41, 5.74) is 0. The minimum atomic E-state index is -3.36. The van der Waals surface area contributed by atoms with Gasteiger partial charge in [-0.25, -0.2) is 9.97 Å². The first-order valence-corrected chi connectivity index (χ1v) is 9.63. The van der Waals surface area contributed by atoms with Gasteiger partial charge in [-0.05, 0) is 24.3 Å². The Balaban J connectivity index is 1.64. The Hall–Kier alpha value is -1.25. The maximum absolute atomic E-state index is 12.9. The van der Waals surface area contributed by atoms with E-state index in [0.29, 0.717) is 57.1 Å². The highest BCUT2D eigenvalue weighted by atomic mass is 32.2. The van der Waals surface area contributed by atoms with Crippen molar-refractivity contribution in [3.8, 4) is 0 Å². The van der Waals surface area contributed by atoms with Crippen molar-refractivity contribution in [3.63, 3.8) is 0 Å². The third-order valence-electron chi connectivity index (χ3n) is 4.56. The standard InChI is InChI=1S/C15H25N5O2S/c1-13-10-14(2)12-20(11-13)23(21,22)19-8-6-18(7-9-19)15-16-4-3-5-17-15/h3-5,13-14H,6-12H2,1-2H3. The first kappa shape index (κ1) is 16.6. The van der Waals surface area contributed by atoms with Crippen LogP contribution in [0.25, 0.3) is 0 Å². The SMILES string of the molecule is CC1CC(C)CN(S(=O)(=O)N2CCN(c3ncccn3)CC2)C1. The highest BCUT2D eigenvalue weighted by Crippen LogP contribution is 2.25. The Morgan fingerprint density at radius 2 is 1.52 bits per heavy atom. The maximum Gasteiger partial charge on any atom is 0.282 e. The molecule has 1 aromatic heterocycles. The molecule has 128 valence electrons. The minimum absolute atomic E-state index is 0.424.